The molecule has 2 aliphatic rings. The molecular weight excluding hydrogens is 314 g/mol. The van der Waals surface area contributed by atoms with Gasteiger partial charge in [0.2, 0.25) is 11.9 Å². The third kappa shape index (κ3) is 5.39. The van der Waals surface area contributed by atoms with E-state index < -0.39 is 0 Å². The highest BCUT2D eigenvalue weighted by Gasteiger charge is 2.22. The topological polar surface area (TPSA) is 61.4 Å². The molecule has 25 heavy (non-hydrogen) atoms. The van der Waals surface area contributed by atoms with Gasteiger partial charge in [0, 0.05) is 57.1 Å². The molecule has 0 spiro atoms. The summed E-state index contributed by atoms with van der Waals surface area (Å²) in [5.74, 6) is 0.938. The largest absolute Gasteiger partial charge is 0.356 e. The van der Waals surface area contributed by atoms with Gasteiger partial charge in [0.25, 0.3) is 0 Å². The summed E-state index contributed by atoms with van der Waals surface area (Å²) in [5.41, 5.74) is 1.19. The minimum Gasteiger partial charge on any atom is -0.356 e. The van der Waals surface area contributed by atoms with E-state index in [4.69, 9.17) is 0 Å². The Balaban J connectivity index is 1.54. The third-order valence-electron chi connectivity index (χ3n) is 5.32. The Morgan fingerprint density at radius 2 is 1.84 bits per heavy atom. The van der Waals surface area contributed by atoms with Crippen LogP contribution in [0.3, 0.4) is 0 Å². The van der Waals surface area contributed by atoms with Crippen molar-refractivity contribution in [3.05, 3.63) is 18.0 Å². The van der Waals surface area contributed by atoms with E-state index in [0.717, 1.165) is 45.1 Å². The summed E-state index contributed by atoms with van der Waals surface area (Å²) in [6.07, 6.45) is 12.6. The van der Waals surface area contributed by atoms with Crippen LogP contribution in [-0.2, 0) is 11.3 Å². The molecule has 1 aromatic rings. The number of amides is 1. The molecule has 1 atom stereocenters. The number of nitrogens with zero attached hydrogens (tertiary/aromatic N) is 4. The highest BCUT2D eigenvalue weighted by molar-refractivity contribution is 5.72. The molecule has 1 aromatic heterocycles. The lowest BCUT2D eigenvalue weighted by molar-refractivity contribution is -0.119. The number of hydrogen-bond donors (Lipinski definition) is 1. The van der Waals surface area contributed by atoms with Crippen LogP contribution in [0.25, 0.3) is 0 Å². The third-order valence-corrected chi connectivity index (χ3v) is 5.32. The van der Waals surface area contributed by atoms with Gasteiger partial charge in [0.15, 0.2) is 0 Å². The summed E-state index contributed by atoms with van der Waals surface area (Å²) in [5, 5.41) is 2.93. The Morgan fingerprint density at radius 1 is 1.12 bits per heavy atom. The van der Waals surface area contributed by atoms with Gasteiger partial charge in [-0.2, -0.15) is 0 Å². The number of carbonyl (C=O) groups excluding carboxylic acids is 1. The van der Waals surface area contributed by atoms with Crippen LogP contribution in [0.4, 0.5) is 5.95 Å². The standard InChI is InChI=1S/C19H31N5O/c1-16(25)20-9-8-18-7-3-6-12-24(18)15-17-13-21-19(22-14-17)23-10-4-2-5-11-23/h13-14,18H,2-12,15H2,1H3,(H,20,25). The van der Waals surface area contributed by atoms with Crippen molar-refractivity contribution in [3.63, 3.8) is 0 Å². The zero-order valence-electron chi connectivity index (χ0n) is 15.4. The van der Waals surface area contributed by atoms with Gasteiger partial charge in [0.1, 0.15) is 0 Å². The van der Waals surface area contributed by atoms with Crippen LogP contribution in [0.1, 0.15) is 57.4 Å². The van der Waals surface area contributed by atoms with Crippen molar-refractivity contribution in [1.29, 1.82) is 0 Å². The molecule has 0 radical (unpaired) electrons. The van der Waals surface area contributed by atoms with E-state index in [1.807, 2.05) is 12.4 Å². The summed E-state index contributed by atoms with van der Waals surface area (Å²) in [4.78, 5) is 25.1. The number of nitrogens with one attached hydrogen (secondary N) is 1. The Hall–Kier alpha value is -1.69. The lowest BCUT2D eigenvalue weighted by Crippen LogP contribution is -2.41. The Morgan fingerprint density at radius 3 is 2.56 bits per heavy atom. The fourth-order valence-electron chi connectivity index (χ4n) is 3.93. The summed E-state index contributed by atoms with van der Waals surface area (Å²) in [6, 6.07) is 0.544. The van der Waals surface area contributed by atoms with Crippen molar-refractivity contribution in [2.24, 2.45) is 0 Å². The highest BCUT2D eigenvalue weighted by Crippen LogP contribution is 2.22. The van der Waals surface area contributed by atoms with Crippen LogP contribution in [0, 0.1) is 0 Å². The summed E-state index contributed by atoms with van der Waals surface area (Å²) in [7, 11) is 0. The number of hydrogen-bond acceptors (Lipinski definition) is 5. The average molecular weight is 345 g/mol. The van der Waals surface area contributed by atoms with Crippen molar-refractivity contribution in [1.82, 2.24) is 20.2 Å². The fourth-order valence-corrected chi connectivity index (χ4v) is 3.93. The van der Waals surface area contributed by atoms with Crippen LogP contribution in [-0.4, -0.2) is 53.0 Å². The molecule has 0 saturated carbocycles. The van der Waals surface area contributed by atoms with E-state index in [-0.39, 0.29) is 5.91 Å². The molecule has 138 valence electrons. The van der Waals surface area contributed by atoms with Gasteiger partial charge in [-0.25, -0.2) is 9.97 Å². The first kappa shape index (κ1) is 18.1. The predicted molar refractivity (Wildman–Crippen MR) is 99.4 cm³/mol. The monoisotopic (exact) mass is 345 g/mol. The van der Waals surface area contributed by atoms with Crippen molar-refractivity contribution in [2.45, 2.75) is 64.5 Å². The van der Waals surface area contributed by atoms with Gasteiger partial charge in [-0.15, -0.1) is 0 Å². The number of rotatable bonds is 6. The van der Waals surface area contributed by atoms with E-state index in [1.165, 1.54) is 44.1 Å². The molecule has 6 nitrogen and oxygen atoms in total. The summed E-state index contributed by atoms with van der Waals surface area (Å²) >= 11 is 0. The van der Waals surface area contributed by atoms with E-state index in [2.05, 4.69) is 25.1 Å². The molecule has 0 bridgehead atoms. The predicted octanol–water partition coefficient (Wildman–Crippen LogP) is 2.35. The second kappa shape index (κ2) is 9.13. The first-order valence-corrected chi connectivity index (χ1v) is 9.77. The SMILES string of the molecule is CC(=O)NCCC1CCCCN1Cc1cnc(N2CCCCC2)nc1. The first-order valence-electron chi connectivity index (χ1n) is 9.77. The fraction of sp³-hybridized carbons (Fsp3) is 0.737. The number of carbonyl (C=O) groups is 1. The zero-order valence-corrected chi connectivity index (χ0v) is 15.4. The van der Waals surface area contributed by atoms with Crippen molar-refractivity contribution >= 4 is 11.9 Å². The van der Waals surface area contributed by atoms with Gasteiger partial charge in [0.05, 0.1) is 0 Å². The Bertz CT molecular complexity index is 541. The second-order valence-electron chi connectivity index (χ2n) is 7.33. The Labute approximate surface area is 151 Å². The molecule has 6 heteroatoms. The zero-order chi connectivity index (χ0) is 17.5. The molecule has 1 N–H and O–H groups in total. The summed E-state index contributed by atoms with van der Waals surface area (Å²) < 4.78 is 0. The maximum Gasteiger partial charge on any atom is 0.225 e. The first-order chi connectivity index (χ1) is 12.2. The number of aromatic nitrogens is 2. The minimum atomic E-state index is 0.0593. The molecule has 2 saturated heterocycles. The van der Waals surface area contributed by atoms with Crippen molar-refractivity contribution in [2.75, 3.05) is 31.1 Å². The van der Waals surface area contributed by atoms with Crippen LogP contribution in [0.5, 0.6) is 0 Å². The molecular formula is C19H31N5O. The minimum absolute atomic E-state index is 0.0593. The van der Waals surface area contributed by atoms with Gasteiger partial charge in [-0.1, -0.05) is 6.42 Å². The second-order valence-corrected chi connectivity index (χ2v) is 7.33. The van der Waals surface area contributed by atoms with Crippen LogP contribution < -0.4 is 10.2 Å². The van der Waals surface area contributed by atoms with Crippen molar-refractivity contribution in [3.8, 4) is 0 Å². The molecule has 0 aliphatic carbocycles. The van der Waals surface area contributed by atoms with E-state index in [0.29, 0.717) is 6.04 Å². The Kier molecular flexibility index (Phi) is 6.62. The van der Waals surface area contributed by atoms with Gasteiger partial charge in [-0.05, 0) is 45.1 Å². The summed E-state index contributed by atoms with van der Waals surface area (Å²) in [6.45, 7) is 6.54. The van der Waals surface area contributed by atoms with Crippen LogP contribution in [0.15, 0.2) is 12.4 Å². The number of anilines is 1. The van der Waals surface area contributed by atoms with E-state index in [1.54, 1.807) is 6.92 Å². The molecule has 0 aromatic carbocycles. The van der Waals surface area contributed by atoms with E-state index >= 15 is 0 Å². The molecule has 2 fully saturated rings. The lowest BCUT2D eigenvalue weighted by Gasteiger charge is -2.35. The molecule has 2 aliphatic heterocycles. The van der Waals surface area contributed by atoms with Crippen LogP contribution >= 0.6 is 0 Å². The van der Waals surface area contributed by atoms with Gasteiger partial charge >= 0.3 is 0 Å². The number of piperidine rings is 2. The smallest absolute Gasteiger partial charge is 0.225 e. The van der Waals surface area contributed by atoms with E-state index in [9.17, 15) is 4.79 Å². The van der Waals surface area contributed by atoms with Gasteiger partial charge < -0.3 is 10.2 Å². The maximum absolute atomic E-state index is 11.1. The quantitative estimate of drug-likeness (QED) is 0.857. The molecule has 1 unspecified atom stereocenters. The normalized spacial score (nSPS) is 22.0. The lowest BCUT2D eigenvalue weighted by atomic mass is 9.99. The molecule has 1 amide bonds. The molecule has 3 rings (SSSR count). The van der Waals surface area contributed by atoms with Crippen molar-refractivity contribution < 1.29 is 4.79 Å². The van der Waals surface area contributed by atoms with Gasteiger partial charge in [-0.3, -0.25) is 9.69 Å². The van der Waals surface area contributed by atoms with Crippen LogP contribution in [0.2, 0.25) is 0 Å². The average Bonchev–Trinajstić information content (AvgIpc) is 2.64. The maximum atomic E-state index is 11.1. The molecule has 3 heterocycles. The number of likely N-dealkylation sites (tertiary alicyclic amines) is 1. The highest BCUT2D eigenvalue weighted by atomic mass is 16.1.